The summed E-state index contributed by atoms with van der Waals surface area (Å²) in [5, 5.41) is 2.73. The van der Waals surface area contributed by atoms with Gasteiger partial charge in [-0.05, 0) is 47.7 Å². The van der Waals surface area contributed by atoms with Gasteiger partial charge in [-0.2, -0.15) is 0 Å². The largest absolute Gasteiger partial charge is 0.452 e. The average Bonchev–Trinajstić information content (AvgIpc) is 2.69. The van der Waals surface area contributed by atoms with Crippen molar-refractivity contribution in [3.8, 4) is 0 Å². The molecule has 0 unspecified atom stereocenters. The van der Waals surface area contributed by atoms with Crippen molar-refractivity contribution in [2.24, 2.45) is 0 Å². The molecule has 2 aromatic rings. The van der Waals surface area contributed by atoms with E-state index in [0.717, 1.165) is 21.7 Å². The van der Waals surface area contributed by atoms with Crippen LogP contribution in [0, 0.1) is 0 Å². The summed E-state index contributed by atoms with van der Waals surface area (Å²) in [5.41, 5.74) is 2.97. The minimum atomic E-state index is -0.547. The van der Waals surface area contributed by atoms with Crippen LogP contribution in [0.4, 0.5) is 5.69 Å². The molecule has 0 aliphatic rings. The van der Waals surface area contributed by atoms with Crippen LogP contribution in [0.3, 0.4) is 0 Å². The molecule has 0 atom stereocenters. The molecule has 0 heterocycles. The van der Waals surface area contributed by atoms with E-state index in [1.807, 2.05) is 73.8 Å². The van der Waals surface area contributed by atoms with Gasteiger partial charge in [0.05, 0.1) is 0 Å². The van der Waals surface area contributed by atoms with E-state index >= 15 is 0 Å². The molecule has 5 nitrogen and oxygen atoms in total. The number of nitrogens with one attached hydrogen (secondary N) is 1. The lowest BCUT2D eigenvalue weighted by molar-refractivity contribution is -0.143. The van der Waals surface area contributed by atoms with Gasteiger partial charge < -0.3 is 15.0 Å². The summed E-state index contributed by atoms with van der Waals surface area (Å²) < 4.78 is 4.96. The minimum absolute atomic E-state index is 0.301. The first-order valence-corrected chi connectivity index (χ1v) is 9.72. The Balaban J connectivity index is 1.72. The fourth-order valence-electron chi connectivity index (χ4n) is 2.23. The molecule has 0 saturated heterocycles. The van der Waals surface area contributed by atoms with Crippen LogP contribution >= 0.6 is 11.8 Å². The van der Waals surface area contributed by atoms with Crippen LogP contribution in [-0.4, -0.2) is 38.8 Å². The van der Waals surface area contributed by atoms with Gasteiger partial charge in [0.1, 0.15) is 0 Å². The molecule has 0 fully saturated rings. The van der Waals surface area contributed by atoms with Gasteiger partial charge >= 0.3 is 5.97 Å². The molecule has 0 bridgehead atoms. The highest BCUT2D eigenvalue weighted by Gasteiger charge is 2.05. The third kappa shape index (κ3) is 7.19. The van der Waals surface area contributed by atoms with Crippen molar-refractivity contribution in [1.29, 1.82) is 0 Å². The number of carbonyl (C=O) groups excluding carboxylic acids is 2. The summed E-state index contributed by atoms with van der Waals surface area (Å²) in [6.45, 7) is 0.0894. The lowest BCUT2D eigenvalue weighted by atomic mass is 10.2. The third-order valence-electron chi connectivity index (χ3n) is 3.82. The summed E-state index contributed by atoms with van der Waals surface area (Å²) >= 11 is 1.66. The summed E-state index contributed by atoms with van der Waals surface area (Å²) in [6, 6.07) is 15.7. The van der Waals surface area contributed by atoms with Gasteiger partial charge in [-0.3, -0.25) is 4.79 Å². The number of benzene rings is 2. The fourth-order valence-corrected chi connectivity index (χ4v) is 2.64. The number of ether oxygens (including phenoxy) is 1. The van der Waals surface area contributed by atoms with Crippen molar-refractivity contribution in [2.75, 3.05) is 31.9 Å². The zero-order valence-corrected chi connectivity index (χ0v) is 16.6. The number of rotatable bonds is 8. The molecule has 2 rings (SSSR count). The van der Waals surface area contributed by atoms with Crippen molar-refractivity contribution in [1.82, 2.24) is 5.32 Å². The van der Waals surface area contributed by atoms with Crippen molar-refractivity contribution >= 4 is 35.4 Å². The van der Waals surface area contributed by atoms with E-state index in [2.05, 4.69) is 5.32 Å². The van der Waals surface area contributed by atoms with Gasteiger partial charge in [0, 0.05) is 37.3 Å². The first kappa shape index (κ1) is 20.6. The number of carbonyl (C=O) groups is 2. The van der Waals surface area contributed by atoms with Crippen molar-refractivity contribution in [3.05, 3.63) is 65.7 Å². The first-order valence-electron chi connectivity index (χ1n) is 8.50. The molecule has 0 aromatic heterocycles. The quantitative estimate of drug-likeness (QED) is 0.430. The highest BCUT2D eigenvalue weighted by molar-refractivity contribution is 7.98. The highest BCUT2D eigenvalue weighted by Crippen LogP contribution is 2.15. The van der Waals surface area contributed by atoms with Gasteiger partial charge in [-0.1, -0.05) is 24.3 Å². The molecule has 0 aliphatic carbocycles. The number of hydrogen-bond donors (Lipinski definition) is 1. The molecule has 27 heavy (non-hydrogen) atoms. The Morgan fingerprint density at radius 2 is 1.74 bits per heavy atom. The molecule has 2 aromatic carbocycles. The van der Waals surface area contributed by atoms with Crippen LogP contribution in [0.25, 0.3) is 6.08 Å². The summed E-state index contributed by atoms with van der Waals surface area (Å²) in [4.78, 5) is 26.7. The maximum atomic E-state index is 11.8. The van der Waals surface area contributed by atoms with E-state index in [9.17, 15) is 9.59 Å². The zero-order valence-electron chi connectivity index (χ0n) is 15.8. The standard InChI is InChI=1S/C21H24N2O3S/c1-23(2)18-9-4-17(5-10-18)14-22-20(24)15-26-21(25)13-8-16-6-11-19(27-3)12-7-16/h4-13H,14-15H2,1-3H3,(H,22,24)/b13-8+. The minimum Gasteiger partial charge on any atom is -0.452 e. The van der Waals surface area contributed by atoms with Gasteiger partial charge in [0.2, 0.25) is 0 Å². The molecule has 1 amide bonds. The molecule has 0 spiro atoms. The Bertz CT molecular complexity index is 784. The lowest BCUT2D eigenvalue weighted by Gasteiger charge is -2.12. The molecule has 0 saturated carbocycles. The van der Waals surface area contributed by atoms with Crippen molar-refractivity contribution < 1.29 is 14.3 Å². The van der Waals surface area contributed by atoms with Gasteiger partial charge in [0.15, 0.2) is 6.61 Å². The molecule has 142 valence electrons. The first-order chi connectivity index (χ1) is 13.0. The smallest absolute Gasteiger partial charge is 0.331 e. The van der Waals surface area contributed by atoms with Crippen LogP contribution in [-0.2, 0) is 20.9 Å². The maximum absolute atomic E-state index is 11.8. The van der Waals surface area contributed by atoms with E-state index in [1.54, 1.807) is 17.8 Å². The van der Waals surface area contributed by atoms with Crippen molar-refractivity contribution in [3.63, 3.8) is 0 Å². The molecule has 0 radical (unpaired) electrons. The van der Waals surface area contributed by atoms with Crippen LogP contribution < -0.4 is 10.2 Å². The second-order valence-corrected chi connectivity index (χ2v) is 6.93. The monoisotopic (exact) mass is 384 g/mol. The number of thioether (sulfide) groups is 1. The van der Waals surface area contributed by atoms with Crippen LogP contribution in [0.2, 0.25) is 0 Å². The normalized spacial score (nSPS) is 10.6. The van der Waals surface area contributed by atoms with Crippen molar-refractivity contribution in [2.45, 2.75) is 11.4 Å². The predicted octanol–water partition coefficient (Wildman–Crippen LogP) is 3.35. The number of amides is 1. The number of hydrogen-bond acceptors (Lipinski definition) is 5. The lowest BCUT2D eigenvalue weighted by Crippen LogP contribution is -2.28. The average molecular weight is 385 g/mol. The van der Waals surface area contributed by atoms with E-state index in [-0.39, 0.29) is 12.5 Å². The van der Waals surface area contributed by atoms with E-state index in [0.29, 0.717) is 6.54 Å². The van der Waals surface area contributed by atoms with Gasteiger partial charge in [-0.25, -0.2) is 4.79 Å². The third-order valence-corrected chi connectivity index (χ3v) is 4.56. The number of anilines is 1. The zero-order chi connectivity index (χ0) is 19.6. The summed E-state index contributed by atoms with van der Waals surface area (Å²) in [5.74, 6) is -0.882. The Morgan fingerprint density at radius 1 is 1.07 bits per heavy atom. The van der Waals surface area contributed by atoms with Crippen LogP contribution in [0.1, 0.15) is 11.1 Å². The second-order valence-electron chi connectivity index (χ2n) is 6.05. The fraction of sp³-hybridized carbons (Fsp3) is 0.238. The Kier molecular flexibility index (Phi) is 7.95. The molecular weight excluding hydrogens is 360 g/mol. The van der Waals surface area contributed by atoms with E-state index < -0.39 is 5.97 Å². The Hall–Kier alpha value is -2.73. The molecule has 1 N–H and O–H groups in total. The Morgan fingerprint density at radius 3 is 2.33 bits per heavy atom. The highest BCUT2D eigenvalue weighted by atomic mass is 32.2. The molecule has 6 heteroatoms. The second kappa shape index (κ2) is 10.4. The summed E-state index contributed by atoms with van der Waals surface area (Å²) in [7, 11) is 3.94. The topological polar surface area (TPSA) is 58.6 Å². The number of nitrogens with zero attached hydrogens (tertiary/aromatic N) is 1. The van der Waals surface area contributed by atoms with E-state index in [1.165, 1.54) is 6.08 Å². The number of esters is 1. The molecular formula is C21H24N2O3S. The van der Waals surface area contributed by atoms with Gasteiger partial charge in [-0.15, -0.1) is 11.8 Å². The van der Waals surface area contributed by atoms with Gasteiger partial charge in [0.25, 0.3) is 5.91 Å². The Labute approximate surface area is 164 Å². The van der Waals surface area contributed by atoms with Crippen LogP contribution in [0.5, 0.6) is 0 Å². The van der Waals surface area contributed by atoms with E-state index in [4.69, 9.17) is 4.74 Å². The molecule has 0 aliphatic heterocycles. The summed E-state index contributed by atoms with van der Waals surface area (Å²) in [6.07, 6.45) is 4.99. The SMILES string of the molecule is CSc1ccc(/C=C/C(=O)OCC(=O)NCc2ccc(N(C)C)cc2)cc1. The predicted molar refractivity (Wildman–Crippen MR) is 111 cm³/mol. The maximum Gasteiger partial charge on any atom is 0.331 e. The van der Waals surface area contributed by atoms with Crippen LogP contribution in [0.15, 0.2) is 59.5 Å².